The average molecular weight is 321 g/mol. The number of carboxylic acids is 1. The number of aryl methyl sites for hydroxylation is 2. The minimum atomic E-state index is -1.18. The average Bonchev–Trinajstić information content (AvgIpc) is 2.42. The lowest BCUT2D eigenvalue weighted by molar-refractivity contribution is -0.145. The van der Waals surface area contributed by atoms with Gasteiger partial charge in [-0.15, -0.1) is 0 Å². The van der Waals surface area contributed by atoms with Crippen molar-refractivity contribution in [3.8, 4) is 0 Å². The van der Waals surface area contributed by atoms with Crippen molar-refractivity contribution >= 4 is 17.8 Å². The molecule has 1 rings (SSSR count). The van der Waals surface area contributed by atoms with E-state index >= 15 is 0 Å². The Kier molecular flexibility index (Phi) is 6.75. The number of nitrogens with one attached hydrogen (secondary N) is 1. The summed E-state index contributed by atoms with van der Waals surface area (Å²) in [5, 5.41) is 11.8. The van der Waals surface area contributed by atoms with E-state index in [2.05, 4.69) is 5.32 Å². The number of hydrogen-bond acceptors (Lipinski definition) is 4. The Morgan fingerprint density at radius 2 is 1.74 bits per heavy atom. The minimum absolute atomic E-state index is 0.0715. The normalized spacial score (nSPS) is 13.0. The van der Waals surface area contributed by atoms with E-state index in [0.29, 0.717) is 5.56 Å². The highest BCUT2D eigenvalue weighted by Gasteiger charge is 2.29. The lowest BCUT2D eigenvalue weighted by atomic mass is 9.97. The van der Waals surface area contributed by atoms with Crippen LogP contribution in [-0.4, -0.2) is 35.6 Å². The van der Waals surface area contributed by atoms with Crippen molar-refractivity contribution in [2.75, 3.05) is 6.61 Å². The molecule has 0 saturated heterocycles. The first-order valence-electron chi connectivity index (χ1n) is 7.52. The number of ether oxygens (including phenoxy) is 1. The maximum absolute atomic E-state index is 12.3. The molecule has 0 unspecified atom stereocenters. The molecule has 0 aliphatic carbocycles. The summed E-state index contributed by atoms with van der Waals surface area (Å²) in [6.45, 7) is 7.23. The summed E-state index contributed by atoms with van der Waals surface area (Å²) in [5.41, 5.74) is 2.24. The lowest BCUT2D eigenvalue weighted by Gasteiger charge is -2.21. The van der Waals surface area contributed by atoms with Crippen LogP contribution < -0.4 is 5.32 Å². The van der Waals surface area contributed by atoms with Crippen molar-refractivity contribution in [3.63, 3.8) is 0 Å². The summed E-state index contributed by atoms with van der Waals surface area (Å²) in [6.07, 6.45) is -0.0715. The van der Waals surface area contributed by atoms with E-state index in [-0.39, 0.29) is 13.0 Å². The van der Waals surface area contributed by atoms with Crippen LogP contribution in [0.15, 0.2) is 18.2 Å². The molecule has 0 bridgehead atoms. The number of hydrogen-bond donors (Lipinski definition) is 2. The van der Waals surface area contributed by atoms with Gasteiger partial charge >= 0.3 is 11.9 Å². The SMILES string of the molecule is CCOC(=O)C[C@@H](C)[C@H](NC(=O)c1cc(C)cc(C)c1)C(=O)O. The second-order valence-electron chi connectivity index (χ2n) is 5.65. The largest absolute Gasteiger partial charge is 0.480 e. The lowest BCUT2D eigenvalue weighted by Crippen LogP contribution is -2.45. The Bertz CT molecular complexity index is 576. The summed E-state index contributed by atoms with van der Waals surface area (Å²) in [5.74, 6) is -2.72. The predicted octanol–water partition coefficient (Wildman–Crippen LogP) is 2.08. The standard InChI is InChI=1S/C17H23NO5/c1-5-23-14(19)9-12(4)15(17(21)22)18-16(20)13-7-10(2)6-11(3)8-13/h6-8,12,15H,5,9H2,1-4H3,(H,18,20)(H,21,22)/t12-,15+/m1/s1. The fraction of sp³-hybridized carbons (Fsp3) is 0.471. The van der Waals surface area contributed by atoms with Gasteiger partial charge in [-0.2, -0.15) is 0 Å². The number of carboxylic acid groups (broad SMARTS) is 1. The number of amides is 1. The third kappa shape index (κ3) is 5.73. The van der Waals surface area contributed by atoms with Gasteiger partial charge < -0.3 is 15.2 Å². The molecule has 1 aromatic rings. The van der Waals surface area contributed by atoms with Crippen molar-refractivity contribution in [2.24, 2.45) is 5.92 Å². The number of aliphatic carboxylic acids is 1. The highest BCUT2D eigenvalue weighted by Crippen LogP contribution is 2.13. The Labute approximate surface area is 135 Å². The number of esters is 1. The molecule has 0 radical (unpaired) electrons. The molecule has 0 spiro atoms. The summed E-state index contributed by atoms with van der Waals surface area (Å²) in [7, 11) is 0. The molecule has 2 N–H and O–H groups in total. The minimum Gasteiger partial charge on any atom is -0.480 e. The highest BCUT2D eigenvalue weighted by molar-refractivity contribution is 5.97. The summed E-state index contributed by atoms with van der Waals surface area (Å²) < 4.78 is 4.82. The van der Waals surface area contributed by atoms with E-state index in [1.165, 1.54) is 0 Å². The van der Waals surface area contributed by atoms with Gasteiger partial charge in [-0.05, 0) is 38.8 Å². The molecule has 0 saturated carbocycles. The van der Waals surface area contributed by atoms with Crippen molar-refractivity contribution in [2.45, 2.75) is 40.2 Å². The van der Waals surface area contributed by atoms with E-state index in [1.807, 2.05) is 19.9 Å². The van der Waals surface area contributed by atoms with Crippen LogP contribution in [0.25, 0.3) is 0 Å². The molecular formula is C17H23NO5. The van der Waals surface area contributed by atoms with Gasteiger partial charge in [0.15, 0.2) is 0 Å². The number of benzene rings is 1. The van der Waals surface area contributed by atoms with Crippen LogP contribution >= 0.6 is 0 Å². The van der Waals surface area contributed by atoms with Gasteiger partial charge in [-0.3, -0.25) is 9.59 Å². The van der Waals surface area contributed by atoms with Crippen LogP contribution in [0.2, 0.25) is 0 Å². The van der Waals surface area contributed by atoms with E-state index in [9.17, 15) is 19.5 Å². The van der Waals surface area contributed by atoms with Gasteiger partial charge in [0.05, 0.1) is 13.0 Å². The first-order valence-corrected chi connectivity index (χ1v) is 7.52. The molecule has 2 atom stereocenters. The molecule has 6 nitrogen and oxygen atoms in total. The molecule has 1 amide bonds. The zero-order valence-corrected chi connectivity index (χ0v) is 13.9. The molecule has 0 aliphatic rings. The first kappa shape index (κ1) is 18.7. The van der Waals surface area contributed by atoms with Crippen molar-refractivity contribution in [1.82, 2.24) is 5.32 Å². The maximum Gasteiger partial charge on any atom is 0.326 e. The monoisotopic (exact) mass is 321 g/mol. The fourth-order valence-electron chi connectivity index (χ4n) is 2.38. The second kappa shape index (κ2) is 8.31. The zero-order chi connectivity index (χ0) is 17.6. The van der Waals surface area contributed by atoms with Crippen LogP contribution in [0.1, 0.15) is 41.8 Å². The van der Waals surface area contributed by atoms with Gasteiger partial charge in [-0.1, -0.05) is 24.1 Å². The quantitative estimate of drug-likeness (QED) is 0.750. The molecule has 0 fully saturated rings. The highest BCUT2D eigenvalue weighted by atomic mass is 16.5. The molecular weight excluding hydrogens is 298 g/mol. The molecule has 0 aliphatic heterocycles. The first-order chi connectivity index (χ1) is 10.7. The third-order valence-electron chi connectivity index (χ3n) is 3.40. The Morgan fingerprint density at radius 1 is 1.17 bits per heavy atom. The van der Waals surface area contributed by atoms with Gasteiger partial charge in [0.1, 0.15) is 6.04 Å². The predicted molar refractivity (Wildman–Crippen MR) is 85.2 cm³/mol. The Balaban J connectivity index is 2.84. The summed E-state index contributed by atoms with van der Waals surface area (Å²) in [4.78, 5) is 35.2. The second-order valence-corrected chi connectivity index (χ2v) is 5.65. The number of carbonyl (C=O) groups is 3. The van der Waals surface area contributed by atoms with Crippen molar-refractivity contribution in [3.05, 3.63) is 34.9 Å². The molecule has 126 valence electrons. The van der Waals surface area contributed by atoms with Gasteiger partial charge in [-0.25, -0.2) is 4.79 Å². The summed E-state index contributed by atoms with van der Waals surface area (Å²) >= 11 is 0. The van der Waals surface area contributed by atoms with E-state index < -0.39 is 29.8 Å². The van der Waals surface area contributed by atoms with E-state index in [4.69, 9.17) is 4.74 Å². The Hall–Kier alpha value is -2.37. The van der Waals surface area contributed by atoms with E-state index in [1.54, 1.807) is 26.0 Å². The van der Waals surface area contributed by atoms with Crippen LogP contribution in [0.3, 0.4) is 0 Å². The van der Waals surface area contributed by atoms with Crippen LogP contribution in [-0.2, 0) is 14.3 Å². The fourth-order valence-corrected chi connectivity index (χ4v) is 2.38. The maximum atomic E-state index is 12.3. The van der Waals surface area contributed by atoms with Crippen molar-refractivity contribution in [1.29, 1.82) is 0 Å². The molecule has 23 heavy (non-hydrogen) atoms. The molecule has 0 aromatic heterocycles. The van der Waals surface area contributed by atoms with Gasteiger partial charge in [0.2, 0.25) is 0 Å². The van der Waals surface area contributed by atoms with Crippen LogP contribution in [0, 0.1) is 19.8 Å². The molecule has 1 aromatic carbocycles. The number of carbonyl (C=O) groups excluding carboxylic acids is 2. The Morgan fingerprint density at radius 3 is 2.22 bits per heavy atom. The molecule has 6 heteroatoms. The molecule has 0 heterocycles. The van der Waals surface area contributed by atoms with E-state index in [0.717, 1.165) is 11.1 Å². The topological polar surface area (TPSA) is 92.7 Å². The van der Waals surface area contributed by atoms with Crippen molar-refractivity contribution < 1.29 is 24.2 Å². The van der Waals surface area contributed by atoms with Gasteiger partial charge in [0, 0.05) is 5.56 Å². The van der Waals surface area contributed by atoms with Crippen LogP contribution in [0.5, 0.6) is 0 Å². The third-order valence-corrected chi connectivity index (χ3v) is 3.40. The number of rotatable bonds is 7. The summed E-state index contributed by atoms with van der Waals surface area (Å²) in [6, 6.07) is 4.15. The van der Waals surface area contributed by atoms with Gasteiger partial charge in [0.25, 0.3) is 5.91 Å². The smallest absolute Gasteiger partial charge is 0.326 e. The zero-order valence-electron chi connectivity index (χ0n) is 13.9. The van der Waals surface area contributed by atoms with Crippen LogP contribution in [0.4, 0.5) is 0 Å².